The molecule has 1 saturated heterocycles. The van der Waals surface area contributed by atoms with Crippen LogP contribution in [-0.2, 0) is 21.2 Å². The lowest BCUT2D eigenvalue weighted by atomic mass is 10.0. The quantitative estimate of drug-likeness (QED) is 0.710. The lowest BCUT2D eigenvalue weighted by molar-refractivity contribution is -0.119. The molecule has 31 heavy (non-hydrogen) atoms. The second kappa shape index (κ2) is 8.31. The van der Waals surface area contributed by atoms with Crippen molar-refractivity contribution in [2.45, 2.75) is 57.8 Å². The van der Waals surface area contributed by atoms with E-state index in [1.54, 1.807) is 17.0 Å². The predicted octanol–water partition coefficient (Wildman–Crippen LogP) is 3.21. The van der Waals surface area contributed by atoms with Gasteiger partial charge in [0.15, 0.2) is 0 Å². The summed E-state index contributed by atoms with van der Waals surface area (Å²) in [6.07, 6.45) is 1.81. The fraction of sp³-hybridized carbons (Fsp3) is 0.522. The lowest BCUT2D eigenvalue weighted by Gasteiger charge is -2.31. The molecule has 2 aliphatic rings. The maximum Gasteiger partial charge on any atom is 0.243 e. The number of benzene rings is 1. The van der Waals surface area contributed by atoms with Crippen LogP contribution in [0.15, 0.2) is 29.2 Å². The summed E-state index contributed by atoms with van der Waals surface area (Å²) in [7, 11) is -3.55. The van der Waals surface area contributed by atoms with E-state index in [9.17, 15) is 13.2 Å². The van der Waals surface area contributed by atoms with E-state index in [0.29, 0.717) is 61.4 Å². The van der Waals surface area contributed by atoms with Crippen molar-refractivity contribution in [3.8, 4) is 0 Å². The molecule has 0 saturated carbocycles. The SMILES string of the molecule is Cc1ccc(S(=O)(=O)N2CCC(c3nc(C)c4c(n3)N(CC(C)C)C(=O)CC4)C2)cc1. The summed E-state index contributed by atoms with van der Waals surface area (Å²) in [5, 5.41) is 0. The Kier molecular flexibility index (Phi) is 5.87. The number of rotatable bonds is 5. The Labute approximate surface area is 184 Å². The number of nitrogens with zero attached hydrogens (tertiary/aromatic N) is 4. The normalized spacial score (nSPS) is 19.8. The zero-order valence-electron chi connectivity index (χ0n) is 18.6. The molecule has 0 bridgehead atoms. The summed E-state index contributed by atoms with van der Waals surface area (Å²) < 4.78 is 27.7. The molecule has 1 aromatic heterocycles. The third-order valence-electron chi connectivity index (χ3n) is 6.08. The van der Waals surface area contributed by atoms with E-state index < -0.39 is 10.0 Å². The van der Waals surface area contributed by atoms with Crippen LogP contribution in [0.4, 0.5) is 5.82 Å². The fourth-order valence-electron chi connectivity index (χ4n) is 4.36. The molecule has 3 heterocycles. The van der Waals surface area contributed by atoms with Gasteiger partial charge in [-0.05, 0) is 44.7 Å². The van der Waals surface area contributed by atoms with Crippen LogP contribution in [0.5, 0.6) is 0 Å². The van der Waals surface area contributed by atoms with Crippen molar-refractivity contribution in [3.05, 3.63) is 46.9 Å². The molecule has 1 amide bonds. The molecular weight excluding hydrogens is 412 g/mol. The van der Waals surface area contributed by atoms with E-state index >= 15 is 0 Å². The molecular formula is C23H30N4O3S. The Morgan fingerprint density at radius 3 is 2.48 bits per heavy atom. The van der Waals surface area contributed by atoms with Crippen molar-refractivity contribution in [1.82, 2.24) is 14.3 Å². The summed E-state index contributed by atoms with van der Waals surface area (Å²) in [6.45, 7) is 9.49. The number of hydrogen-bond donors (Lipinski definition) is 0. The molecule has 1 fully saturated rings. The maximum absolute atomic E-state index is 13.1. The predicted molar refractivity (Wildman–Crippen MR) is 120 cm³/mol. The van der Waals surface area contributed by atoms with Crippen LogP contribution < -0.4 is 4.90 Å². The Morgan fingerprint density at radius 2 is 1.81 bits per heavy atom. The highest BCUT2D eigenvalue weighted by molar-refractivity contribution is 7.89. The first-order valence-corrected chi connectivity index (χ1v) is 12.4. The molecule has 1 aromatic carbocycles. The third kappa shape index (κ3) is 4.23. The highest BCUT2D eigenvalue weighted by Crippen LogP contribution is 2.34. The van der Waals surface area contributed by atoms with Crippen LogP contribution in [0.1, 0.15) is 55.3 Å². The number of hydrogen-bond acceptors (Lipinski definition) is 5. The smallest absolute Gasteiger partial charge is 0.243 e. The topological polar surface area (TPSA) is 83.5 Å². The molecule has 0 aliphatic carbocycles. The van der Waals surface area contributed by atoms with Crippen molar-refractivity contribution in [2.75, 3.05) is 24.5 Å². The fourth-order valence-corrected chi connectivity index (χ4v) is 5.86. The van der Waals surface area contributed by atoms with E-state index in [1.807, 2.05) is 26.0 Å². The van der Waals surface area contributed by atoms with E-state index in [-0.39, 0.29) is 11.8 Å². The standard InChI is InChI=1S/C23H30N4O3S/c1-15(2)13-27-21(28)10-9-20-17(4)24-22(25-23(20)27)18-11-12-26(14-18)31(29,30)19-7-5-16(3)6-8-19/h5-8,15,18H,9-14H2,1-4H3. The van der Waals surface area contributed by atoms with Crippen LogP contribution in [0.3, 0.4) is 0 Å². The Hall–Kier alpha value is -2.32. The minimum atomic E-state index is -3.55. The minimum Gasteiger partial charge on any atom is -0.296 e. The van der Waals surface area contributed by atoms with Gasteiger partial charge in [0.05, 0.1) is 4.90 Å². The highest BCUT2D eigenvalue weighted by atomic mass is 32.2. The van der Waals surface area contributed by atoms with Gasteiger partial charge in [-0.25, -0.2) is 18.4 Å². The van der Waals surface area contributed by atoms with Crippen LogP contribution in [0, 0.1) is 19.8 Å². The average Bonchev–Trinajstić information content (AvgIpc) is 3.21. The number of amides is 1. The monoisotopic (exact) mass is 442 g/mol. The first-order valence-electron chi connectivity index (χ1n) is 10.9. The summed E-state index contributed by atoms with van der Waals surface area (Å²) in [6, 6.07) is 6.95. The number of aryl methyl sites for hydroxylation is 2. The van der Waals surface area contributed by atoms with E-state index in [2.05, 4.69) is 13.8 Å². The Morgan fingerprint density at radius 1 is 1.10 bits per heavy atom. The van der Waals surface area contributed by atoms with Gasteiger partial charge in [-0.15, -0.1) is 0 Å². The molecule has 8 heteroatoms. The molecule has 7 nitrogen and oxygen atoms in total. The molecule has 1 unspecified atom stereocenters. The molecule has 2 aliphatic heterocycles. The number of carbonyl (C=O) groups excluding carboxylic acids is 1. The van der Waals surface area contributed by atoms with Crippen molar-refractivity contribution < 1.29 is 13.2 Å². The van der Waals surface area contributed by atoms with Crippen molar-refractivity contribution >= 4 is 21.7 Å². The van der Waals surface area contributed by atoms with Gasteiger partial charge in [-0.3, -0.25) is 9.69 Å². The highest BCUT2D eigenvalue weighted by Gasteiger charge is 2.36. The first-order chi connectivity index (χ1) is 14.7. The average molecular weight is 443 g/mol. The zero-order valence-corrected chi connectivity index (χ0v) is 19.4. The van der Waals surface area contributed by atoms with Gasteiger partial charge in [0.1, 0.15) is 11.6 Å². The number of aromatic nitrogens is 2. The van der Waals surface area contributed by atoms with Gasteiger partial charge >= 0.3 is 0 Å². The molecule has 0 spiro atoms. The summed E-state index contributed by atoms with van der Waals surface area (Å²) in [5.41, 5.74) is 2.95. The minimum absolute atomic E-state index is 0.0813. The van der Waals surface area contributed by atoms with Gasteiger partial charge in [-0.1, -0.05) is 31.5 Å². The van der Waals surface area contributed by atoms with Gasteiger partial charge in [0.25, 0.3) is 0 Å². The number of carbonyl (C=O) groups is 1. The molecule has 1 atom stereocenters. The Balaban J connectivity index is 1.61. The Bertz CT molecular complexity index is 1100. The second-order valence-electron chi connectivity index (χ2n) is 9.03. The first kappa shape index (κ1) is 21.9. The molecule has 0 radical (unpaired) electrons. The van der Waals surface area contributed by atoms with Crippen LogP contribution >= 0.6 is 0 Å². The number of sulfonamides is 1. The van der Waals surface area contributed by atoms with Crippen molar-refractivity contribution in [2.24, 2.45) is 5.92 Å². The van der Waals surface area contributed by atoms with Crippen molar-refractivity contribution in [3.63, 3.8) is 0 Å². The van der Waals surface area contributed by atoms with Crippen molar-refractivity contribution in [1.29, 1.82) is 0 Å². The van der Waals surface area contributed by atoms with Crippen LogP contribution in [-0.4, -0.2) is 48.2 Å². The van der Waals surface area contributed by atoms with Crippen LogP contribution in [0.2, 0.25) is 0 Å². The molecule has 4 rings (SSSR count). The number of fused-ring (bicyclic) bond motifs is 1. The number of anilines is 1. The van der Waals surface area contributed by atoms with E-state index in [0.717, 1.165) is 16.8 Å². The van der Waals surface area contributed by atoms with Gasteiger partial charge in [-0.2, -0.15) is 4.31 Å². The zero-order chi connectivity index (χ0) is 22.3. The second-order valence-corrected chi connectivity index (χ2v) is 11.0. The van der Waals surface area contributed by atoms with Gasteiger partial charge < -0.3 is 0 Å². The molecule has 0 N–H and O–H groups in total. The van der Waals surface area contributed by atoms with E-state index in [1.165, 1.54) is 4.31 Å². The summed E-state index contributed by atoms with van der Waals surface area (Å²) >= 11 is 0. The third-order valence-corrected chi connectivity index (χ3v) is 7.96. The molecule has 166 valence electrons. The van der Waals surface area contributed by atoms with E-state index in [4.69, 9.17) is 9.97 Å². The molecule has 2 aromatic rings. The summed E-state index contributed by atoms with van der Waals surface area (Å²) in [4.78, 5) is 24.2. The van der Waals surface area contributed by atoms with Gasteiger partial charge in [0.2, 0.25) is 15.9 Å². The lowest BCUT2D eigenvalue weighted by Crippen LogP contribution is -2.39. The largest absolute Gasteiger partial charge is 0.296 e. The maximum atomic E-state index is 13.1. The summed E-state index contributed by atoms with van der Waals surface area (Å²) in [5.74, 6) is 1.70. The van der Waals surface area contributed by atoms with Crippen LogP contribution in [0.25, 0.3) is 0 Å². The van der Waals surface area contributed by atoms with Gasteiger partial charge in [0, 0.05) is 43.2 Å².